The van der Waals surface area contributed by atoms with Crippen molar-refractivity contribution >= 4 is 0 Å². The normalized spacial score (nSPS) is 12.6. The predicted octanol–water partition coefficient (Wildman–Crippen LogP) is 3.12. The molecule has 0 saturated heterocycles. The molecule has 0 aliphatic rings. The van der Waals surface area contributed by atoms with Crippen LogP contribution >= 0.6 is 0 Å². The van der Waals surface area contributed by atoms with Crippen molar-refractivity contribution in [3.05, 3.63) is 71.8 Å². The zero-order valence-corrected chi connectivity index (χ0v) is 10.1. The van der Waals surface area contributed by atoms with Crippen LogP contribution in [0, 0.1) is 0 Å². The Kier molecular flexibility index (Phi) is 3.91. The topological polar surface area (TPSA) is 29.3 Å². The van der Waals surface area contributed by atoms with Crippen molar-refractivity contribution < 1.29 is 0 Å². The zero-order chi connectivity index (χ0) is 12.1. The molecule has 0 fully saturated rings. The van der Waals surface area contributed by atoms with Gasteiger partial charge in [-0.3, -0.25) is 5.84 Å². The smallest absolute Gasteiger partial charge is 0.0466 e. The van der Waals surface area contributed by atoms with Crippen LogP contribution in [0.2, 0.25) is 0 Å². The third-order valence-electron chi connectivity index (χ3n) is 2.99. The number of hydrogen-bond acceptors (Lipinski definition) is 2. The SMILES string of the molecule is C[C@@H](c1ccccc1)N(N)Cc1ccccc1. The van der Waals surface area contributed by atoms with E-state index in [2.05, 4.69) is 31.2 Å². The first-order valence-corrected chi connectivity index (χ1v) is 5.87. The molecule has 0 heterocycles. The molecule has 0 unspecified atom stereocenters. The van der Waals surface area contributed by atoms with Crippen LogP contribution in [-0.4, -0.2) is 5.01 Å². The van der Waals surface area contributed by atoms with E-state index in [-0.39, 0.29) is 6.04 Å². The van der Waals surface area contributed by atoms with E-state index in [0.717, 1.165) is 6.54 Å². The zero-order valence-electron chi connectivity index (χ0n) is 10.1. The Morgan fingerprint density at radius 3 is 2.06 bits per heavy atom. The molecule has 0 radical (unpaired) electrons. The molecule has 1 atom stereocenters. The highest BCUT2D eigenvalue weighted by molar-refractivity contribution is 5.19. The van der Waals surface area contributed by atoms with Gasteiger partial charge in [0.25, 0.3) is 0 Å². The molecule has 2 heteroatoms. The Labute approximate surface area is 103 Å². The van der Waals surface area contributed by atoms with Crippen LogP contribution in [0.1, 0.15) is 24.1 Å². The van der Waals surface area contributed by atoms with Crippen LogP contribution in [-0.2, 0) is 6.54 Å². The predicted molar refractivity (Wildman–Crippen MR) is 71.0 cm³/mol. The number of hydrazine groups is 1. The van der Waals surface area contributed by atoms with Crippen LogP contribution in [0.4, 0.5) is 0 Å². The van der Waals surface area contributed by atoms with Gasteiger partial charge in [-0.15, -0.1) is 0 Å². The second-order valence-electron chi connectivity index (χ2n) is 4.24. The van der Waals surface area contributed by atoms with Gasteiger partial charge in [-0.1, -0.05) is 60.7 Å². The van der Waals surface area contributed by atoms with Crippen molar-refractivity contribution in [3.63, 3.8) is 0 Å². The standard InChI is InChI=1S/C15H18N2/c1-13(15-10-6-3-7-11-15)17(16)12-14-8-4-2-5-9-14/h2-11,13H,12,16H2,1H3/t13-/m0/s1. The fourth-order valence-corrected chi connectivity index (χ4v) is 1.85. The highest BCUT2D eigenvalue weighted by atomic mass is 15.4. The van der Waals surface area contributed by atoms with Gasteiger partial charge in [0.2, 0.25) is 0 Å². The van der Waals surface area contributed by atoms with Crippen LogP contribution in [0.15, 0.2) is 60.7 Å². The Morgan fingerprint density at radius 1 is 0.941 bits per heavy atom. The van der Waals surface area contributed by atoms with Crippen LogP contribution in [0.3, 0.4) is 0 Å². The summed E-state index contributed by atoms with van der Waals surface area (Å²) in [5.41, 5.74) is 2.48. The molecule has 0 spiro atoms. The minimum Gasteiger partial charge on any atom is -0.268 e. The van der Waals surface area contributed by atoms with Gasteiger partial charge in [0.05, 0.1) is 0 Å². The molecule has 17 heavy (non-hydrogen) atoms. The molecule has 0 aliphatic carbocycles. The van der Waals surface area contributed by atoms with Gasteiger partial charge in [0, 0.05) is 12.6 Å². The van der Waals surface area contributed by atoms with Gasteiger partial charge in [-0.2, -0.15) is 0 Å². The lowest BCUT2D eigenvalue weighted by Crippen LogP contribution is -2.33. The highest BCUT2D eigenvalue weighted by Crippen LogP contribution is 2.18. The molecule has 2 rings (SSSR count). The lowest BCUT2D eigenvalue weighted by atomic mass is 10.1. The minimum atomic E-state index is 0.219. The molecule has 0 saturated carbocycles. The summed E-state index contributed by atoms with van der Waals surface area (Å²) in [6.07, 6.45) is 0. The van der Waals surface area contributed by atoms with E-state index >= 15 is 0 Å². The molecule has 2 nitrogen and oxygen atoms in total. The van der Waals surface area contributed by atoms with E-state index in [1.807, 2.05) is 41.4 Å². The average Bonchev–Trinajstić information content (AvgIpc) is 2.40. The molecule has 0 aromatic heterocycles. The molecule has 2 N–H and O–H groups in total. The number of rotatable bonds is 4. The highest BCUT2D eigenvalue weighted by Gasteiger charge is 2.11. The summed E-state index contributed by atoms with van der Waals surface area (Å²) >= 11 is 0. The summed E-state index contributed by atoms with van der Waals surface area (Å²) in [6.45, 7) is 2.88. The summed E-state index contributed by atoms with van der Waals surface area (Å²) in [7, 11) is 0. The maximum atomic E-state index is 6.11. The Bertz CT molecular complexity index is 439. The van der Waals surface area contributed by atoms with Crippen molar-refractivity contribution in [2.45, 2.75) is 19.5 Å². The van der Waals surface area contributed by atoms with Gasteiger partial charge in [0.1, 0.15) is 0 Å². The molecule has 88 valence electrons. The van der Waals surface area contributed by atoms with E-state index in [4.69, 9.17) is 5.84 Å². The fourth-order valence-electron chi connectivity index (χ4n) is 1.85. The van der Waals surface area contributed by atoms with Crippen LogP contribution in [0.25, 0.3) is 0 Å². The summed E-state index contributed by atoms with van der Waals surface area (Å²) < 4.78 is 0. The Morgan fingerprint density at radius 2 is 1.47 bits per heavy atom. The number of benzene rings is 2. The largest absolute Gasteiger partial charge is 0.268 e. The summed E-state index contributed by atoms with van der Waals surface area (Å²) in [6, 6.07) is 20.8. The monoisotopic (exact) mass is 226 g/mol. The quantitative estimate of drug-likeness (QED) is 0.641. The molecule has 0 bridgehead atoms. The first-order valence-electron chi connectivity index (χ1n) is 5.87. The number of hydrogen-bond donors (Lipinski definition) is 1. The van der Waals surface area contributed by atoms with Gasteiger partial charge in [-0.25, -0.2) is 5.01 Å². The summed E-state index contributed by atoms with van der Waals surface area (Å²) in [5.74, 6) is 6.11. The maximum Gasteiger partial charge on any atom is 0.0466 e. The van der Waals surface area contributed by atoms with Crippen LogP contribution < -0.4 is 5.84 Å². The molecular formula is C15H18N2. The molecule has 0 amide bonds. The van der Waals surface area contributed by atoms with Crippen molar-refractivity contribution in [2.24, 2.45) is 5.84 Å². The molecule has 2 aromatic carbocycles. The van der Waals surface area contributed by atoms with Gasteiger partial charge < -0.3 is 0 Å². The van der Waals surface area contributed by atoms with Crippen LogP contribution in [0.5, 0.6) is 0 Å². The van der Waals surface area contributed by atoms with Gasteiger partial charge in [-0.05, 0) is 18.1 Å². The average molecular weight is 226 g/mol. The summed E-state index contributed by atoms with van der Waals surface area (Å²) in [4.78, 5) is 0. The molecule has 0 aliphatic heterocycles. The first-order chi connectivity index (χ1) is 8.27. The van der Waals surface area contributed by atoms with E-state index in [1.165, 1.54) is 11.1 Å². The third-order valence-corrected chi connectivity index (χ3v) is 2.99. The van der Waals surface area contributed by atoms with E-state index in [1.54, 1.807) is 0 Å². The van der Waals surface area contributed by atoms with Gasteiger partial charge in [0.15, 0.2) is 0 Å². The number of nitrogens with two attached hydrogens (primary N) is 1. The lowest BCUT2D eigenvalue weighted by Gasteiger charge is -2.24. The van der Waals surface area contributed by atoms with E-state index in [9.17, 15) is 0 Å². The fraction of sp³-hybridized carbons (Fsp3) is 0.200. The Hall–Kier alpha value is -1.64. The van der Waals surface area contributed by atoms with E-state index in [0.29, 0.717) is 0 Å². The van der Waals surface area contributed by atoms with Crippen molar-refractivity contribution in [1.82, 2.24) is 5.01 Å². The van der Waals surface area contributed by atoms with Gasteiger partial charge >= 0.3 is 0 Å². The maximum absolute atomic E-state index is 6.11. The number of nitrogens with zero attached hydrogens (tertiary/aromatic N) is 1. The second kappa shape index (κ2) is 5.62. The second-order valence-corrected chi connectivity index (χ2v) is 4.24. The first kappa shape index (κ1) is 11.8. The van der Waals surface area contributed by atoms with Crippen molar-refractivity contribution in [2.75, 3.05) is 0 Å². The minimum absolute atomic E-state index is 0.219. The molecular weight excluding hydrogens is 208 g/mol. The lowest BCUT2D eigenvalue weighted by molar-refractivity contribution is 0.207. The van der Waals surface area contributed by atoms with E-state index < -0.39 is 0 Å². The Balaban J connectivity index is 2.03. The molecule has 2 aromatic rings. The van der Waals surface area contributed by atoms with Crippen molar-refractivity contribution in [3.8, 4) is 0 Å². The third kappa shape index (κ3) is 3.16. The van der Waals surface area contributed by atoms with Crippen molar-refractivity contribution in [1.29, 1.82) is 0 Å². The summed E-state index contributed by atoms with van der Waals surface area (Å²) in [5, 5.41) is 1.87.